The molecular formula is C29H28N2O5. The van der Waals surface area contributed by atoms with Crippen LogP contribution in [-0.4, -0.2) is 40.6 Å². The van der Waals surface area contributed by atoms with Gasteiger partial charge in [0.2, 0.25) is 5.78 Å². The number of pyridine rings is 1. The average molecular weight is 485 g/mol. The van der Waals surface area contributed by atoms with Gasteiger partial charge in [-0.3, -0.25) is 14.5 Å². The fourth-order valence-electron chi connectivity index (χ4n) is 5.93. The molecule has 1 aromatic heterocycles. The molecule has 1 N–H and O–H groups in total. The Hall–Kier alpha value is -3.84. The van der Waals surface area contributed by atoms with Gasteiger partial charge in [-0.1, -0.05) is 18.2 Å². The van der Waals surface area contributed by atoms with Crippen LogP contribution in [0.2, 0.25) is 0 Å². The van der Waals surface area contributed by atoms with Crippen molar-refractivity contribution in [2.24, 2.45) is 5.92 Å². The summed E-state index contributed by atoms with van der Waals surface area (Å²) in [5, 5.41) is 10.9. The normalized spacial score (nSPS) is 21.7. The number of Topliss-reactive ketones (excluding diaryl/α,β-unsaturated/α-hetero) is 1. The van der Waals surface area contributed by atoms with Crippen LogP contribution in [0, 0.1) is 12.8 Å². The fraction of sp³-hybridized carbons (Fsp3) is 0.310. The van der Waals surface area contributed by atoms with Crippen molar-refractivity contribution in [3.63, 3.8) is 0 Å². The first kappa shape index (κ1) is 22.6. The summed E-state index contributed by atoms with van der Waals surface area (Å²) in [5.41, 5.74) is 3.81. The Morgan fingerprint density at radius 3 is 2.69 bits per heavy atom. The molecule has 3 aliphatic rings. The van der Waals surface area contributed by atoms with Crippen LogP contribution in [0.3, 0.4) is 0 Å². The number of ketones is 1. The minimum Gasteiger partial charge on any atom is -0.507 e. The van der Waals surface area contributed by atoms with Crippen molar-refractivity contribution in [2.45, 2.75) is 32.4 Å². The number of fused-ring (bicyclic) bond motifs is 5. The quantitative estimate of drug-likeness (QED) is 0.562. The Morgan fingerprint density at radius 2 is 1.92 bits per heavy atom. The molecule has 0 saturated carbocycles. The molecule has 184 valence electrons. The number of piperidine rings is 1. The maximum absolute atomic E-state index is 13.3. The Balaban J connectivity index is 1.30. The summed E-state index contributed by atoms with van der Waals surface area (Å²) < 4.78 is 13.3. The molecule has 1 fully saturated rings. The van der Waals surface area contributed by atoms with Crippen molar-refractivity contribution < 1.29 is 19.4 Å². The molecule has 36 heavy (non-hydrogen) atoms. The monoisotopic (exact) mass is 484 g/mol. The van der Waals surface area contributed by atoms with Crippen molar-refractivity contribution in [1.29, 1.82) is 0 Å². The number of carbonyl (C=O) groups is 1. The van der Waals surface area contributed by atoms with Crippen molar-refractivity contribution in [3.05, 3.63) is 92.6 Å². The smallest absolute Gasteiger partial charge is 0.250 e. The van der Waals surface area contributed by atoms with Crippen LogP contribution in [0.15, 0.2) is 59.1 Å². The number of allylic oxidation sites excluding steroid dienone is 1. The van der Waals surface area contributed by atoms with E-state index in [9.17, 15) is 14.7 Å². The van der Waals surface area contributed by atoms with Crippen molar-refractivity contribution in [2.75, 3.05) is 20.2 Å². The lowest BCUT2D eigenvalue weighted by atomic mass is 9.83. The average Bonchev–Trinajstić information content (AvgIpc) is 3.19. The number of likely N-dealkylation sites (tertiary alicyclic amines) is 1. The zero-order valence-corrected chi connectivity index (χ0v) is 20.4. The largest absolute Gasteiger partial charge is 0.507 e. The van der Waals surface area contributed by atoms with Crippen molar-refractivity contribution in [3.8, 4) is 17.2 Å². The summed E-state index contributed by atoms with van der Waals surface area (Å²) in [4.78, 5) is 27.9. The molecule has 3 aliphatic heterocycles. The minimum atomic E-state index is -0.177. The molecule has 2 aromatic carbocycles. The van der Waals surface area contributed by atoms with Gasteiger partial charge in [-0.15, -0.1) is 0 Å². The number of aromatic nitrogens is 1. The van der Waals surface area contributed by atoms with E-state index in [2.05, 4.69) is 4.90 Å². The number of ether oxygens (including phenoxy) is 2. The summed E-state index contributed by atoms with van der Waals surface area (Å²) >= 11 is 0. The highest BCUT2D eigenvalue weighted by molar-refractivity contribution is 6.15. The minimum absolute atomic E-state index is 0.0627. The molecule has 0 amide bonds. The van der Waals surface area contributed by atoms with Gasteiger partial charge < -0.3 is 19.1 Å². The number of hydrogen-bond donors (Lipinski definition) is 1. The van der Waals surface area contributed by atoms with Gasteiger partial charge in [-0.2, -0.15) is 0 Å². The summed E-state index contributed by atoms with van der Waals surface area (Å²) in [6.45, 7) is 4.61. The van der Waals surface area contributed by atoms with Gasteiger partial charge in [-0.25, -0.2) is 0 Å². The van der Waals surface area contributed by atoms with Crippen molar-refractivity contribution >= 4 is 11.9 Å². The molecule has 4 heterocycles. The second-order valence-corrected chi connectivity index (χ2v) is 10.0. The summed E-state index contributed by atoms with van der Waals surface area (Å²) in [7, 11) is 1.61. The Labute approximate surface area is 209 Å². The molecule has 0 aliphatic carbocycles. The van der Waals surface area contributed by atoms with Gasteiger partial charge in [-0.05, 0) is 60.7 Å². The Morgan fingerprint density at radius 1 is 1.11 bits per heavy atom. The first-order valence-corrected chi connectivity index (χ1v) is 12.3. The standard InChI is InChI=1S/C29H28N2O5/c1-17-10-24(32)22(16-30-13-19-11-20(15-30)23-4-3-5-26(33)31(23)14-19)29-27(17)28(34)25(36-29)12-18-6-8-21(35-2)9-7-18/h3-10,12,19-20,32H,11,13-16H2,1-2H3/b25-12-/t19-,20+/m1/s1. The molecule has 2 atom stereocenters. The molecule has 0 radical (unpaired) electrons. The number of phenolic OH excluding ortho intramolecular Hbond substituents is 1. The van der Waals surface area contributed by atoms with E-state index in [-0.39, 0.29) is 28.8 Å². The maximum Gasteiger partial charge on any atom is 0.250 e. The highest BCUT2D eigenvalue weighted by Crippen LogP contribution is 2.43. The Kier molecular flexibility index (Phi) is 5.45. The number of methoxy groups -OCH3 is 1. The number of phenols is 1. The van der Waals surface area contributed by atoms with Gasteiger partial charge in [0, 0.05) is 43.9 Å². The van der Waals surface area contributed by atoms with Gasteiger partial charge >= 0.3 is 0 Å². The first-order chi connectivity index (χ1) is 17.4. The van der Waals surface area contributed by atoms with Crippen LogP contribution in [0.5, 0.6) is 17.2 Å². The molecule has 0 unspecified atom stereocenters. The molecule has 6 rings (SSSR count). The zero-order valence-electron chi connectivity index (χ0n) is 20.4. The summed E-state index contributed by atoms with van der Waals surface area (Å²) in [6.07, 6.45) is 2.78. The lowest BCUT2D eigenvalue weighted by Gasteiger charge is -2.43. The third-order valence-corrected chi connectivity index (χ3v) is 7.57. The summed E-state index contributed by atoms with van der Waals surface area (Å²) in [5.74, 6) is 2.02. The molecule has 0 spiro atoms. The number of carbonyl (C=O) groups excluding carboxylic acids is 1. The molecule has 7 nitrogen and oxygen atoms in total. The van der Waals surface area contributed by atoms with E-state index in [4.69, 9.17) is 9.47 Å². The highest BCUT2D eigenvalue weighted by atomic mass is 16.5. The third-order valence-electron chi connectivity index (χ3n) is 7.57. The van der Waals surface area contributed by atoms with Crippen LogP contribution in [0.1, 0.15) is 45.1 Å². The SMILES string of the molecule is COc1ccc(/C=C2\Oc3c(CN4C[C@H]5C[C@@H](C4)c4cccc(=O)n4C5)c(O)cc(C)c3C2=O)cc1. The number of nitrogens with zero attached hydrogens (tertiary/aromatic N) is 2. The van der Waals surface area contributed by atoms with Crippen LogP contribution < -0.4 is 15.0 Å². The third kappa shape index (κ3) is 3.80. The number of hydrogen-bond acceptors (Lipinski definition) is 6. The van der Waals surface area contributed by atoms with E-state index in [1.807, 2.05) is 47.9 Å². The number of aryl methyl sites for hydroxylation is 1. The lowest BCUT2D eigenvalue weighted by Crippen LogP contribution is -2.46. The zero-order chi connectivity index (χ0) is 25.0. The van der Waals surface area contributed by atoms with E-state index in [1.165, 1.54) is 0 Å². The van der Waals surface area contributed by atoms with Crippen LogP contribution >= 0.6 is 0 Å². The van der Waals surface area contributed by atoms with Gasteiger partial charge in [0.1, 0.15) is 17.2 Å². The van der Waals surface area contributed by atoms with Gasteiger partial charge in [0.15, 0.2) is 5.76 Å². The predicted molar refractivity (Wildman–Crippen MR) is 136 cm³/mol. The molecular weight excluding hydrogens is 456 g/mol. The number of benzene rings is 2. The second-order valence-electron chi connectivity index (χ2n) is 10.0. The molecule has 1 saturated heterocycles. The highest BCUT2D eigenvalue weighted by Gasteiger charge is 2.37. The van der Waals surface area contributed by atoms with E-state index in [1.54, 1.807) is 25.3 Å². The molecule has 2 bridgehead atoms. The number of rotatable bonds is 4. The van der Waals surface area contributed by atoms with Gasteiger partial charge in [0.25, 0.3) is 5.56 Å². The number of aromatic hydroxyl groups is 1. The van der Waals surface area contributed by atoms with Crippen molar-refractivity contribution in [1.82, 2.24) is 9.47 Å². The van der Waals surface area contributed by atoms with E-state index in [0.29, 0.717) is 41.4 Å². The second kappa shape index (κ2) is 8.68. The first-order valence-electron chi connectivity index (χ1n) is 12.3. The molecule has 3 aromatic rings. The van der Waals surface area contributed by atoms with E-state index in [0.717, 1.165) is 36.5 Å². The van der Waals surface area contributed by atoms with E-state index < -0.39 is 0 Å². The lowest BCUT2D eigenvalue weighted by molar-refractivity contribution is 0.101. The van der Waals surface area contributed by atoms with E-state index >= 15 is 0 Å². The maximum atomic E-state index is 13.3. The Bertz CT molecular complexity index is 1450. The topological polar surface area (TPSA) is 81.0 Å². The van der Waals surface area contributed by atoms with Crippen LogP contribution in [0.4, 0.5) is 0 Å². The van der Waals surface area contributed by atoms with Gasteiger partial charge in [0.05, 0.1) is 18.2 Å². The molecule has 7 heteroatoms. The summed E-state index contributed by atoms with van der Waals surface area (Å²) in [6, 6.07) is 14.6. The predicted octanol–water partition coefficient (Wildman–Crippen LogP) is 4.11. The van der Waals surface area contributed by atoms with Crippen LogP contribution in [-0.2, 0) is 13.1 Å². The van der Waals surface area contributed by atoms with Crippen LogP contribution in [0.25, 0.3) is 6.08 Å². The fourth-order valence-corrected chi connectivity index (χ4v) is 5.93.